The molecule has 3 rings (SSSR count). The molecule has 19 heavy (non-hydrogen) atoms. The number of amides is 1. The van der Waals surface area contributed by atoms with Gasteiger partial charge in [0.1, 0.15) is 4.88 Å². The smallest absolute Gasteiger partial charge is 0.268 e. The van der Waals surface area contributed by atoms with Crippen molar-refractivity contribution in [1.29, 1.82) is 0 Å². The van der Waals surface area contributed by atoms with Crippen molar-refractivity contribution in [2.24, 2.45) is 0 Å². The Morgan fingerprint density at radius 3 is 2.84 bits per heavy atom. The van der Waals surface area contributed by atoms with Crippen LogP contribution in [0.25, 0.3) is 10.1 Å². The monoisotopic (exact) mass is 289 g/mol. The molecule has 0 atom stereocenters. The van der Waals surface area contributed by atoms with Crippen molar-refractivity contribution < 1.29 is 4.79 Å². The van der Waals surface area contributed by atoms with Crippen molar-refractivity contribution in [1.82, 2.24) is 9.97 Å². The number of anilines is 1. The predicted molar refractivity (Wildman–Crippen MR) is 76.8 cm³/mol. The van der Waals surface area contributed by atoms with Crippen molar-refractivity contribution in [3.05, 3.63) is 52.8 Å². The summed E-state index contributed by atoms with van der Waals surface area (Å²) in [7, 11) is 0. The van der Waals surface area contributed by atoms with Gasteiger partial charge >= 0.3 is 0 Å². The highest BCUT2D eigenvalue weighted by Crippen LogP contribution is 2.35. The quantitative estimate of drug-likeness (QED) is 0.784. The third-order valence-electron chi connectivity index (χ3n) is 2.55. The van der Waals surface area contributed by atoms with Gasteiger partial charge in [0, 0.05) is 22.5 Å². The number of carbonyl (C=O) groups is 1. The van der Waals surface area contributed by atoms with Crippen LogP contribution in [0.5, 0.6) is 0 Å². The van der Waals surface area contributed by atoms with Gasteiger partial charge in [0.05, 0.1) is 11.2 Å². The van der Waals surface area contributed by atoms with Crippen molar-refractivity contribution in [3.8, 4) is 0 Å². The minimum Gasteiger partial charge on any atom is -0.305 e. The van der Waals surface area contributed by atoms with Crippen molar-refractivity contribution in [2.45, 2.75) is 0 Å². The lowest BCUT2D eigenvalue weighted by atomic mass is 10.2. The highest BCUT2D eigenvalue weighted by Gasteiger charge is 2.17. The number of hydrogen-bond donors (Lipinski definition) is 1. The van der Waals surface area contributed by atoms with E-state index in [0.29, 0.717) is 15.7 Å². The van der Waals surface area contributed by atoms with E-state index in [2.05, 4.69) is 15.3 Å². The molecule has 0 bridgehead atoms. The second kappa shape index (κ2) is 4.95. The van der Waals surface area contributed by atoms with Gasteiger partial charge in [0.25, 0.3) is 5.91 Å². The molecule has 0 spiro atoms. The lowest BCUT2D eigenvalue weighted by Crippen LogP contribution is -2.11. The molecule has 6 heteroatoms. The van der Waals surface area contributed by atoms with E-state index >= 15 is 0 Å². The SMILES string of the molecule is O=C(Nc1cnccn1)c1sc2ccccc2c1Cl. The van der Waals surface area contributed by atoms with Gasteiger partial charge in [0.15, 0.2) is 5.82 Å². The van der Waals surface area contributed by atoms with Gasteiger partial charge in [-0.25, -0.2) is 4.98 Å². The summed E-state index contributed by atoms with van der Waals surface area (Å²) in [5.41, 5.74) is 0. The maximum absolute atomic E-state index is 12.2. The minimum atomic E-state index is -0.272. The van der Waals surface area contributed by atoms with Crippen LogP contribution in [0.4, 0.5) is 5.82 Å². The topological polar surface area (TPSA) is 54.9 Å². The highest BCUT2D eigenvalue weighted by atomic mass is 35.5. The molecule has 2 aromatic heterocycles. The summed E-state index contributed by atoms with van der Waals surface area (Å²) in [6, 6.07) is 7.64. The molecule has 0 aliphatic carbocycles. The van der Waals surface area contributed by atoms with Gasteiger partial charge < -0.3 is 5.32 Å². The molecule has 0 radical (unpaired) electrons. The average Bonchev–Trinajstić information content (AvgIpc) is 2.78. The number of thiophene rings is 1. The van der Waals surface area contributed by atoms with Gasteiger partial charge in [-0.05, 0) is 6.07 Å². The normalized spacial score (nSPS) is 10.6. The summed E-state index contributed by atoms with van der Waals surface area (Å²) in [5, 5.41) is 4.03. The molecule has 1 amide bonds. The first-order valence-electron chi connectivity index (χ1n) is 5.50. The first-order valence-corrected chi connectivity index (χ1v) is 6.69. The third kappa shape index (κ3) is 2.30. The number of hydrogen-bond acceptors (Lipinski definition) is 4. The molecule has 1 N–H and O–H groups in total. The summed E-state index contributed by atoms with van der Waals surface area (Å²) in [6.07, 6.45) is 4.54. The lowest BCUT2D eigenvalue weighted by molar-refractivity contribution is 0.103. The Kier molecular flexibility index (Phi) is 3.15. The largest absolute Gasteiger partial charge is 0.305 e. The molecular formula is C13H8ClN3OS. The molecule has 2 heterocycles. The van der Waals surface area contributed by atoms with Crippen LogP contribution in [0.3, 0.4) is 0 Å². The van der Waals surface area contributed by atoms with Crippen molar-refractivity contribution in [3.63, 3.8) is 0 Å². The number of halogens is 1. The molecule has 0 unspecified atom stereocenters. The third-order valence-corrected chi connectivity index (χ3v) is 4.22. The predicted octanol–water partition coefficient (Wildman–Crippen LogP) is 3.60. The molecule has 0 saturated carbocycles. The minimum absolute atomic E-state index is 0.272. The standard InChI is InChI=1S/C13H8ClN3OS/c14-11-8-3-1-2-4-9(8)19-12(11)13(18)17-10-7-15-5-6-16-10/h1-7H,(H,16,17,18). The Labute approximate surface area is 118 Å². The van der Waals surface area contributed by atoms with Crippen LogP contribution in [0.1, 0.15) is 9.67 Å². The summed E-state index contributed by atoms with van der Waals surface area (Å²) in [5.74, 6) is 0.132. The summed E-state index contributed by atoms with van der Waals surface area (Å²) >= 11 is 7.59. The van der Waals surface area contributed by atoms with Crippen LogP contribution in [0.15, 0.2) is 42.9 Å². The molecule has 4 nitrogen and oxygen atoms in total. The molecular weight excluding hydrogens is 282 g/mol. The van der Waals surface area contributed by atoms with Crippen LogP contribution in [-0.4, -0.2) is 15.9 Å². The van der Waals surface area contributed by atoms with E-state index in [4.69, 9.17) is 11.6 Å². The first kappa shape index (κ1) is 12.1. The average molecular weight is 290 g/mol. The van der Waals surface area contributed by atoms with Crippen molar-refractivity contribution in [2.75, 3.05) is 5.32 Å². The van der Waals surface area contributed by atoms with Gasteiger partial charge in [-0.3, -0.25) is 9.78 Å². The van der Waals surface area contributed by atoms with E-state index in [9.17, 15) is 4.79 Å². The Bertz CT molecular complexity index is 742. The molecule has 0 aliphatic rings. The van der Waals surface area contributed by atoms with E-state index in [1.54, 1.807) is 6.20 Å². The van der Waals surface area contributed by atoms with Gasteiger partial charge in [-0.15, -0.1) is 11.3 Å². The molecule has 0 fully saturated rings. The first-order chi connectivity index (χ1) is 9.25. The fraction of sp³-hybridized carbons (Fsp3) is 0. The second-order valence-corrected chi connectivity index (χ2v) is 5.22. The van der Waals surface area contributed by atoms with E-state index in [-0.39, 0.29) is 5.91 Å². The highest BCUT2D eigenvalue weighted by molar-refractivity contribution is 7.21. The molecule has 1 aromatic carbocycles. The number of carbonyl (C=O) groups excluding carboxylic acids is 1. The van der Waals surface area contributed by atoms with E-state index in [0.717, 1.165) is 10.1 Å². The number of aromatic nitrogens is 2. The fourth-order valence-corrected chi connectivity index (χ4v) is 3.11. The Balaban J connectivity index is 1.96. The van der Waals surface area contributed by atoms with Crippen molar-refractivity contribution >= 4 is 44.7 Å². The maximum atomic E-state index is 12.2. The van der Waals surface area contributed by atoms with Crippen LogP contribution in [-0.2, 0) is 0 Å². The number of benzene rings is 1. The Hall–Kier alpha value is -1.98. The molecule has 0 saturated heterocycles. The lowest BCUT2D eigenvalue weighted by Gasteiger charge is -2.01. The van der Waals surface area contributed by atoms with Gasteiger partial charge in [0.2, 0.25) is 0 Å². The molecule has 3 aromatic rings. The van der Waals surface area contributed by atoms with Gasteiger partial charge in [-0.2, -0.15) is 0 Å². The molecule has 0 aliphatic heterocycles. The Morgan fingerprint density at radius 1 is 1.26 bits per heavy atom. The number of rotatable bonds is 2. The van der Waals surface area contributed by atoms with Crippen LogP contribution in [0, 0.1) is 0 Å². The number of nitrogens with one attached hydrogen (secondary N) is 1. The van der Waals surface area contributed by atoms with E-state index < -0.39 is 0 Å². The summed E-state index contributed by atoms with van der Waals surface area (Å²) in [4.78, 5) is 20.5. The molecule has 94 valence electrons. The summed E-state index contributed by atoms with van der Waals surface area (Å²) < 4.78 is 0.983. The zero-order chi connectivity index (χ0) is 13.2. The zero-order valence-electron chi connectivity index (χ0n) is 9.63. The maximum Gasteiger partial charge on any atom is 0.268 e. The Morgan fingerprint density at radius 2 is 2.11 bits per heavy atom. The second-order valence-electron chi connectivity index (χ2n) is 3.79. The van der Waals surface area contributed by atoms with Crippen LogP contribution in [0.2, 0.25) is 5.02 Å². The fourth-order valence-electron chi connectivity index (χ4n) is 1.70. The number of nitrogens with zero attached hydrogens (tertiary/aromatic N) is 2. The van der Waals surface area contributed by atoms with E-state index in [1.165, 1.54) is 23.7 Å². The van der Waals surface area contributed by atoms with Crippen LogP contribution < -0.4 is 5.32 Å². The number of fused-ring (bicyclic) bond motifs is 1. The zero-order valence-corrected chi connectivity index (χ0v) is 11.2. The van der Waals surface area contributed by atoms with E-state index in [1.807, 2.05) is 24.3 Å². The summed E-state index contributed by atoms with van der Waals surface area (Å²) in [6.45, 7) is 0. The van der Waals surface area contributed by atoms with Crippen LogP contribution >= 0.6 is 22.9 Å². The van der Waals surface area contributed by atoms with Gasteiger partial charge in [-0.1, -0.05) is 29.8 Å².